The van der Waals surface area contributed by atoms with E-state index in [1.807, 2.05) is 37.3 Å². The monoisotopic (exact) mass is 299 g/mol. The van der Waals surface area contributed by atoms with Gasteiger partial charge in [-0.25, -0.2) is 0 Å². The van der Waals surface area contributed by atoms with Gasteiger partial charge in [-0.3, -0.25) is 9.78 Å². The van der Waals surface area contributed by atoms with Crippen LogP contribution in [0, 0.1) is 0 Å². The third kappa shape index (κ3) is 5.54. The van der Waals surface area contributed by atoms with Crippen molar-refractivity contribution in [2.24, 2.45) is 5.73 Å². The fourth-order valence-corrected chi connectivity index (χ4v) is 1.90. The zero-order chi connectivity index (χ0) is 15.8. The second-order valence-corrected chi connectivity index (χ2v) is 5.24. The van der Waals surface area contributed by atoms with Crippen molar-refractivity contribution in [3.05, 3.63) is 54.4 Å². The number of nitrogens with two attached hydrogens (primary N) is 1. The van der Waals surface area contributed by atoms with Crippen LogP contribution in [0.4, 0.5) is 5.69 Å². The number of nitrogens with zero attached hydrogens (tertiary/aromatic N) is 1. The fraction of sp³-hybridized carbons (Fsp3) is 0.294. The third-order valence-corrected chi connectivity index (χ3v) is 3.07. The van der Waals surface area contributed by atoms with E-state index in [9.17, 15) is 4.79 Å². The van der Waals surface area contributed by atoms with Crippen molar-refractivity contribution in [3.8, 4) is 5.75 Å². The van der Waals surface area contributed by atoms with E-state index in [1.165, 1.54) is 0 Å². The molecule has 0 radical (unpaired) electrons. The van der Waals surface area contributed by atoms with Gasteiger partial charge in [-0.15, -0.1) is 0 Å². The minimum Gasteiger partial charge on any atom is -0.489 e. The molecule has 5 nitrogen and oxygen atoms in total. The first-order chi connectivity index (χ1) is 10.6. The topological polar surface area (TPSA) is 77.2 Å². The lowest BCUT2D eigenvalue weighted by atomic mass is 10.2. The number of hydrogen-bond acceptors (Lipinski definition) is 4. The summed E-state index contributed by atoms with van der Waals surface area (Å²) < 4.78 is 5.70. The Morgan fingerprint density at radius 3 is 2.95 bits per heavy atom. The molecule has 0 fully saturated rings. The standard InChI is InChI=1S/C17H21N3O2/c1-13(18)7-8-17(21)20-15-5-2-6-16(10-15)22-12-14-4-3-9-19-11-14/h2-6,9-11,13H,7-8,12,18H2,1H3,(H,20,21). The number of nitrogens with one attached hydrogen (secondary N) is 1. The number of aromatic nitrogens is 1. The van der Waals surface area contributed by atoms with Gasteiger partial charge in [0.25, 0.3) is 0 Å². The number of carbonyl (C=O) groups is 1. The summed E-state index contributed by atoms with van der Waals surface area (Å²) in [6, 6.07) is 11.2. The van der Waals surface area contributed by atoms with Crippen molar-refractivity contribution in [3.63, 3.8) is 0 Å². The number of pyridine rings is 1. The first-order valence-electron chi connectivity index (χ1n) is 7.30. The van der Waals surface area contributed by atoms with Crippen LogP contribution < -0.4 is 15.8 Å². The summed E-state index contributed by atoms with van der Waals surface area (Å²) in [6.07, 6.45) is 4.57. The van der Waals surface area contributed by atoms with E-state index in [4.69, 9.17) is 10.5 Å². The predicted octanol–water partition coefficient (Wildman–Crippen LogP) is 2.73. The normalized spacial score (nSPS) is 11.7. The van der Waals surface area contributed by atoms with Gasteiger partial charge in [-0.2, -0.15) is 0 Å². The lowest BCUT2D eigenvalue weighted by molar-refractivity contribution is -0.116. The first-order valence-corrected chi connectivity index (χ1v) is 7.30. The maximum Gasteiger partial charge on any atom is 0.224 e. The van der Waals surface area contributed by atoms with Gasteiger partial charge >= 0.3 is 0 Å². The van der Waals surface area contributed by atoms with Gasteiger partial charge < -0.3 is 15.8 Å². The summed E-state index contributed by atoms with van der Waals surface area (Å²) in [6.45, 7) is 2.33. The van der Waals surface area contributed by atoms with E-state index in [-0.39, 0.29) is 11.9 Å². The quantitative estimate of drug-likeness (QED) is 0.824. The van der Waals surface area contributed by atoms with Crippen LogP contribution in [0.25, 0.3) is 0 Å². The Balaban J connectivity index is 1.88. The van der Waals surface area contributed by atoms with Crippen molar-refractivity contribution in [1.82, 2.24) is 4.98 Å². The minimum absolute atomic E-state index is 0.0277. The fourth-order valence-electron chi connectivity index (χ4n) is 1.90. The molecule has 0 bridgehead atoms. The Hall–Kier alpha value is -2.40. The van der Waals surface area contributed by atoms with Crippen LogP contribution >= 0.6 is 0 Å². The summed E-state index contributed by atoms with van der Waals surface area (Å²) in [5, 5.41) is 2.85. The van der Waals surface area contributed by atoms with Crippen LogP contribution in [-0.2, 0) is 11.4 Å². The summed E-state index contributed by atoms with van der Waals surface area (Å²) in [7, 11) is 0. The number of ether oxygens (including phenoxy) is 1. The Kier molecular flexibility index (Phi) is 5.91. The zero-order valence-electron chi connectivity index (χ0n) is 12.7. The molecule has 0 spiro atoms. The number of anilines is 1. The van der Waals surface area contributed by atoms with E-state index in [0.717, 1.165) is 11.3 Å². The molecular weight excluding hydrogens is 278 g/mol. The molecule has 1 unspecified atom stereocenters. The molecule has 1 aromatic heterocycles. The largest absolute Gasteiger partial charge is 0.489 e. The molecule has 0 aliphatic rings. The van der Waals surface area contributed by atoms with Gasteiger partial charge in [0.2, 0.25) is 5.91 Å². The first kappa shape index (κ1) is 16.0. The van der Waals surface area contributed by atoms with Gasteiger partial charge in [-0.1, -0.05) is 12.1 Å². The number of rotatable bonds is 7. The molecule has 2 rings (SSSR count). The van der Waals surface area contributed by atoms with E-state index < -0.39 is 0 Å². The van der Waals surface area contributed by atoms with Crippen molar-refractivity contribution < 1.29 is 9.53 Å². The number of hydrogen-bond donors (Lipinski definition) is 2. The molecule has 1 atom stereocenters. The highest BCUT2D eigenvalue weighted by Gasteiger charge is 2.05. The lowest BCUT2D eigenvalue weighted by Crippen LogP contribution is -2.19. The highest BCUT2D eigenvalue weighted by atomic mass is 16.5. The zero-order valence-corrected chi connectivity index (χ0v) is 12.7. The van der Waals surface area contributed by atoms with Gasteiger partial charge in [0.05, 0.1) is 0 Å². The number of carbonyl (C=O) groups excluding carboxylic acids is 1. The molecule has 22 heavy (non-hydrogen) atoms. The van der Waals surface area contributed by atoms with Gasteiger partial charge in [-0.05, 0) is 31.5 Å². The molecule has 0 aliphatic heterocycles. The smallest absolute Gasteiger partial charge is 0.224 e. The minimum atomic E-state index is -0.0401. The van der Waals surface area contributed by atoms with Gasteiger partial charge in [0, 0.05) is 42.2 Å². The maximum atomic E-state index is 11.8. The Morgan fingerprint density at radius 1 is 1.36 bits per heavy atom. The van der Waals surface area contributed by atoms with Crippen LogP contribution in [0.15, 0.2) is 48.8 Å². The molecule has 5 heteroatoms. The lowest BCUT2D eigenvalue weighted by Gasteiger charge is -2.10. The third-order valence-electron chi connectivity index (χ3n) is 3.07. The summed E-state index contributed by atoms with van der Waals surface area (Å²) >= 11 is 0. The second-order valence-electron chi connectivity index (χ2n) is 5.24. The number of amides is 1. The van der Waals surface area contributed by atoms with Crippen LogP contribution in [-0.4, -0.2) is 16.9 Å². The highest BCUT2D eigenvalue weighted by Crippen LogP contribution is 2.18. The van der Waals surface area contributed by atoms with Crippen LogP contribution in [0.5, 0.6) is 5.75 Å². The second kappa shape index (κ2) is 8.14. The Morgan fingerprint density at radius 2 is 2.23 bits per heavy atom. The Labute approximate surface area is 130 Å². The van der Waals surface area contributed by atoms with Crippen molar-refractivity contribution in [1.29, 1.82) is 0 Å². The molecular formula is C17H21N3O2. The van der Waals surface area contributed by atoms with Crippen LogP contribution in [0.1, 0.15) is 25.3 Å². The van der Waals surface area contributed by atoms with Gasteiger partial charge in [0.1, 0.15) is 12.4 Å². The van der Waals surface area contributed by atoms with E-state index >= 15 is 0 Å². The molecule has 0 saturated carbocycles. The van der Waals surface area contributed by atoms with Gasteiger partial charge in [0.15, 0.2) is 0 Å². The van der Waals surface area contributed by atoms with E-state index in [0.29, 0.717) is 25.2 Å². The molecule has 0 aliphatic carbocycles. The number of benzene rings is 1. The summed E-state index contributed by atoms with van der Waals surface area (Å²) in [5.41, 5.74) is 7.36. The Bertz CT molecular complexity index is 600. The van der Waals surface area contributed by atoms with E-state index in [1.54, 1.807) is 18.5 Å². The summed E-state index contributed by atoms with van der Waals surface area (Å²) in [4.78, 5) is 15.8. The maximum absolute atomic E-state index is 11.8. The van der Waals surface area contributed by atoms with Crippen molar-refractivity contribution in [2.45, 2.75) is 32.4 Å². The molecule has 2 aromatic rings. The highest BCUT2D eigenvalue weighted by molar-refractivity contribution is 5.90. The SMILES string of the molecule is CC(N)CCC(=O)Nc1cccc(OCc2cccnc2)c1. The molecule has 1 amide bonds. The molecule has 116 valence electrons. The molecule has 0 saturated heterocycles. The molecule has 3 N–H and O–H groups in total. The van der Waals surface area contributed by atoms with Crippen molar-refractivity contribution >= 4 is 11.6 Å². The molecule has 1 heterocycles. The van der Waals surface area contributed by atoms with Crippen molar-refractivity contribution in [2.75, 3.05) is 5.32 Å². The van der Waals surface area contributed by atoms with Crippen LogP contribution in [0.3, 0.4) is 0 Å². The average molecular weight is 299 g/mol. The predicted molar refractivity (Wildman–Crippen MR) is 86.5 cm³/mol. The van der Waals surface area contributed by atoms with E-state index in [2.05, 4.69) is 10.3 Å². The average Bonchev–Trinajstić information content (AvgIpc) is 2.52. The molecule has 1 aromatic carbocycles. The summed E-state index contributed by atoms with van der Waals surface area (Å²) in [5.74, 6) is 0.663. The van der Waals surface area contributed by atoms with Crippen LogP contribution in [0.2, 0.25) is 0 Å².